The molecule has 1 aromatic heterocycles. The average molecular weight is 219 g/mol. The molecule has 0 saturated carbocycles. The number of pyridine rings is 1. The van der Waals surface area contributed by atoms with Crippen molar-refractivity contribution >= 4 is 10.7 Å². The molecule has 1 heterocycles. The molecule has 76 valence electrons. The number of thiol groups is 1. The zero-order valence-electron chi connectivity index (χ0n) is 7.83. The Morgan fingerprint density at radius 1 is 0.933 bits per heavy atom. The van der Waals surface area contributed by atoms with Gasteiger partial charge in [0.05, 0.1) is 10.6 Å². The van der Waals surface area contributed by atoms with Gasteiger partial charge >= 0.3 is 0 Å². The number of aromatic nitrogens is 1. The van der Waals surface area contributed by atoms with Crippen molar-refractivity contribution in [1.29, 1.82) is 0 Å². The third kappa shape index (κ3) is 2.22. The largest absolute Gasteiger partial charge is 0.256 e. The lowest BCUT2D eigenvalue weighted by Crippen LogP contribution is -1.83. The summed E-state index contributed by atoms with van der Waals surface area (Å²) in [4.78, 5) is 4.50. The van der Waals surface area contributed by atoms with Crippen molar-refractivity contribution in [2.75, 3.05) is 0 Å². The first-order valence-electron chi connectivity index (χ1n) is 4.43. The number of rotatable bonds is 2. The summed E-state index contributed by atoms with van der Waals surface area (Å²) in [5.41, 5.74) is 1.75. The van der Waals surface area contributed by atoms with Crippen LogP contribution in [0.3, 0.4) is 0 Å². The molecule has 0 unspecified atom stereocenters. The highest BCUT2D eigenvalue weighted by Gasteiger charge is 1.98. The molecule has 0 spiro atoms. The van der Waals surface area contributed by atoms with Crippen molar-refractivity contribution in [3.63, 3.8) is 0 Å². The van der Waals surface area contributed by atoms with E-state index < -0.39 is 10.7 Å². The van der Waals surface area contributed by atoms with Gasteiger partial charge in [0.15, 0.2) is 10.7 Å². The van der Waals surface area contributed by atoms with E-state index in [2.05, 4.69) is 4.98 Å². The van der Waals surface area contributed by atoms with Crippen LogP contribution in [0.4, 0.5) is 0 Å². The second kappa shape index (κ2) is 4.23. The summed E-state index contributed by atoms with van der Waals surface area (Å²) in [5.74, 6) is 0. The monoisotopic (exact) mass is 219 g/mol. The Kier molecular flexibility index (Phi) is 2.78. The van der Waals surface area contributed by atoms with Crippen molar-refractivity contribution in [2.24, 2.45) is 0 Å². The predicted molar refractivity (Wildman–Crippen MR) is 58.3 cm³/mol. The summed E-state index contributed by atoms with van der Waals surface area (Å²) in [7, 11) is -2.50. The van der Waals surface area contributed by atoms with Gasteiger partial charge in [-0.3, -0.25) is 4.98 Å². The molecule has 0 saturated heterocycles. The Bertz CT molecular complexity index is 510. The Morgan fingerprint density at radius 3 is 2.20 bits per heavy atom. The lowest BCUT2D eigenvalue weighted by atomic mass is 10.1. The molecule has 4 heteroatoms. The van der Waals surface area contributed by atoms with Crippen LogP contribution in [0.15, 0.2) is 53.6 Å². The van der Waals surface area contributed by atoms with Gasteiger partial charge in [-0.2, -0.15) is 0 Å². The standard InChI is InChI=1S/C11H9NO2S/c13-15(14)10-6-4-9(5-7-10)11-3-1-2-8-12-11/h1-8,15H. The lowest BCUT2D eigenvalue weighted by Gasteiger charge is -1.99. The molecular weight excluding hydrogens is 210 g/mol. The van der Waals surface area contributed by atoms with Gasteiger partial charge in [0.2, 0.25) is 0 Å². The molecule has 0 aliphatic carbocycles. The fraction of sp³-hybridized carbons (Fsp3) is 0. The predicted octanol–water partition coefficient (Wildman–Crippen LogP) is 1.72. The van der Waals surface area contributed by atoms with Gasteiger partial charge in [-0.1, -0.05) is 18.2 Å². The minimum absolute atomic E-state index is 0.324. The molecule has 15 heavy (non-hydrogen) atoms. The average Bonchev–Trinajstić information content (AvgIpc) is 2.30. The zero-order valence-corrected chi connectivity index (χ0v) is 8.72. The van der Waals surface area contributed by atoms with E-state index in [4.69, 9.17) is 0 Å². The maximum absolute atomic E-state index is 10.7. The molecule has 0 fully saturated rings. The number of hydrogen-bond acceptors (Lipinski definition) is 3. The van der Waals surface area contributed by atoms with Crippen LogP contribution in [-0.4, -0.2) is 13.4 Å². The van der Waals surface area contributed by atoms with E-state index >= 15 is 0 Å². The van der Waals surface area contributed by atoms with Gasteiger partial charge in [-0.05, 0) is 24.3 Å². The topological polar surface area (TPSA) is 47.0 Å². The smallest absolute Gasteiger partial charge is 0.168 e. The molecular formula is C11H9NO2S. The molecule has 1 aromatic carbocycles. The van der Waals surface area contributed by atoms with Crippen LogP contribution in [0.25, 0.3) is 11.3 Å². The number of hydrogen-bond donors (Lipinski definition) is 1. The molecule has 2 aromatic rings. The van der Waals surface area contributed by atoms with Crippen LogP contribution in [-0.2, 0) is 10.7 Å². The molecule has 0 N–H and O–H groups in total. The fourth-order valence-electron chi connectivity index (χ4n) is 1.29. The summed E-state index contributed by atoms with van der Waals surface area (Å²) >= 11 is 0. The SMILES string of the molecule is O=[SH](=O)c1ccc(-c2ccccn2)cc1. The molecule has 0 radical (unpaired) electrons. The van der Waals surface area contributed by atoms with E-state index in [1.54, 1.807) is 30.5 Å². The third-order valence-corrected chi connectivity index (χ3v) is 2.76. The van der Waals surface area contributed by atoms with Crippen LogP contribution in [0.2, 0.25) is 0 Å². The van der Waals surface area contributed by atoms with Gasteiger partial charge in [0, 0.05) is 11.8 Å². The van der Waals surface area contributed by atoms with Crippen LogP contribution in [0.5, 0.6) is 0 Å². The first kappa shape index (κ1) is 9.86. The lowest BCUT2D eigenvalue weighted by molar-refractivity contribution is 0.614. The molecule has 2 rings (SSSR count). The summed E-state index contributed by atoms with van der Waals surface area (Å²) in [6.07, 6.45) is 1.71. The summed E-state index contributed by atoms with van der Waals surface area (Å²) in [5, 5.41) is 0. The van der Waals surface area contributed by atoms with Crippen LogP contribution in [0, 0.1) is 0 Å². The summed E-state index contributed by atoms with van der Waals surface area (Å²) in [6.45, 7) is 0. The fourth-order valence-corrected chi connectivity index (χ4v) is 1.68. The summed E-state index contributed by atoms with van der Waals surface area (Å²) < 4.78 is 21.3. The van der Waals surface area contributed by atoms with E-state index in [0.29, 0.717) is 4.90 Å². The van der Waals surface area contributed by atoms with E-state index in [9.17, 15) is 8.42 Å². The second-order valence-electron chi connectivity index (χ2n) is 3.02. The van der Waals surface area contributed by atoms with E-state index in [1.165, 1.54) is 0 Å². The minimum Gasteiger partial charge on any atom is -0.256 e. The molecule has 0 aliphatic heterocycles. The first-order valence-corrected chi connectivity index (χ1v) is 5.61. The van der Waals surface area contributed by atoms with Gasteiger partial charge in [0.25, 0.3) is 0 Å². The van der Waals surface area contributed by atoms with Gasteiger partial charge in [-0.25, -0.2) is 8.42 Å². The maximum Gasteiger partial charge on any atom is 0.168 e. The highest BCUT2D eigenvalue weighted by molar-refractivity contribution is 7.72. The van der Waals surface area contributed by atoms with Gasteiger partial charge < -0.3 is 0 Å². The molecule has 0 bridgehead atoms. The van der Waals surface area contributed by atoms with Crippen LogP contribution < -0.4 is 0 Å². The molecule has 0 atom stereocenters. The van der Waals surface area contributed by atoms with Crippen molar-refractivity contribution in [1.82, 2.24) is 4.98 Å². The normalized spacial score (nSPS) is 10.5. The molecule has 0 aliphatic rings. The van der Waals surface area contributed by atoms with E-state index in [1.807, 2.05) is 18.2 Å². The maximum atomic E-state index is 10.7. The van der Waals surface area contributed by atoms with Crippen molar-refractivity contribution in [2.45, 2.75) is 4.90 Å². The zero-order chi connectivity index (χ0) is 10.7. The Morgan fingerprint density at radius 2 is 1.67 bits per heavy atom. The van der Waals surface area contributed by atoms with Crippen molar-refractivity contribution < 1.29 is 8.42 Å². The Balaban J connectivity index is 2.40. The minimum atomic E-state index is -2.50. The highest BCUT2D eigenvalue weighted by atomic mass is 32.2. The molecule has 3 nitrogen and oxygen atoms in total. The number of nitrogens with zero attached hydrogens (tertiary/aromatic N) is 1. The first-order chi connectivity index (χ1) is 7.27. The van der Waals surface area contributed by atoms with Crippen LogP contribution >= 0.6 is 0 Å². The quantitative estimate of drug-likeness (QED) is 0.782. The highest BCUT2D eigenvalue weighted by Crippen LogP contribution is 2.16. The third-order valence-electron chi connectivity index (χ3n) is 2.04. The van der Waals surface area contributed by atoms with E-state index in [-0.39, 0.29) is 0 Å². The van der Waals surface area contributed by atoms with Crippen molar-refractivity contribution in [3.05, 3.63) is 48.7 Å². The Labute approximate surface area is 89.4 Å². The number of benzene rings is 1. The van der Waals surface area contributed by atoms with Gasteiger partial charge in [0.1, 0.15) is 0 Å². The van der Waals surface area contributed by atoms with E-state index in [0.717, 1.165) is 11.3 Å². The van der Waals surface area contributed by atoms with Gasteiger partial charge in [-0.15, -0.1) is 0 Å². The summed E-state index contributed by atoms with van der Waals surface area (Å²) in [6, 6.07) is 12.3. The van der Waals surface area contributed by atoms with Crippen molar-refractivity contribution in [3.8, 4) is 11.3 Å². The molecule has 0 amide bonds. The second-order valence-corrected chi connectivity index (χ2v) is 4.05. The van der Waals surface area contributed by atoms with Crippen LogP contribution in [0.1, 0.15) is 0 Å². The Hall–Kier alpha value is -1.68.